The Bertz CT molecular complexity index is 906. The fourth-order valence-electron chi connectivity index (χ4n) is 3.79. The van der Waals surface area contributed by atoms with Gasteiger partial charge in [-0.05, 0) is 66.5 Å². The van der Waals surface area contributed by atoms with E-state index in [0.717, 1.165) is 40.8 Å². The predicted molar refractivity (Wildman–Crippen MR) is 103 cm³/mol. The lowest BCUT2D eigenvalue weighted by Gasteiger charge is -2.13. The summed E-state index contributed by atoms with van der Waals surface area (Å²) in [5.41, 5.74) is 5.60. The predicted octanol–water partition coefficient (Wildman–Crippen LogP) is 4.57. The van der Waals surface area contributed by atoms with Crippen LogP contribution in [-0.4, -0.2) is 18.2 Å². The lowest BCUT2D eigenvalue weighted by Crippen LogP contribution is -2.25. The second-order valence-corrected chi connectivity index (χ2v) is 8.44. The number of carbonyl (C=O) groups is 2. The number of carbonyl (C=O) groups excluding carboxylic acids is 2. The molecule has 26 heavy (non-hydrogen) atoms. The molecule has 1 amide bonds. The molecule has 0 aromatic heterocycles. The zero-order chi connectivity index (χ0) is 18.5. The largest absolute Gasteiger partial charge is 0.352 e. The standard InChI is InChI=1S/C23H25NO2/c1-14-4-7-17(22(26)24-13-15-5-6-15)11-20(14)16-8-9-19-18(10-16)12-23(2,3)21(19)25/h4,7-11,15H,5-6,12-13H2,1-3H3,(H,24,26). The number of ketones is 1. The van der Waals surface area contributed by atoms with E-state index in [-0.39, 0.29) is 17.1 Å². The highest BCUT2D eigenvalue weighted by Crippen LogP contribution is 2.38. The molecule has 2 aromatic rings. The summed E-state index contributed by atoms with van der Waals surface area (Å²) in [6, 6.07) is 11.9. The molecule has 0 spiro atoms. The molecule has 2 aromatic carbocycles. The van der Waals surface area contributed by atoms with Crippen molar-refractivity contribution in [1.82, 2.24) is 5.32 Å². The van der Waals surface area contributed by atoms with Crippen molar-refractivity contribution in [3.05, 3.63) is 58.7 Å². The average Bonchev–Trinajstić information content (AvgIpc) is 3.40. The molecule has 1 fully saturated rings. The molecule has 4 rings (SSSR count). The number of Topliss-reactive ketones (excluding diaryl/α,β-unsaturated/α-hetero) is 1. The van der Waals surface area contributed by atoms with Crippen molar-refractivity contribution in [2.24, 2.45) is 11.3 Å². The Balaban J connectivity index is 1.64. The Morgan fingerprint density at radius 1 is 1.12 bits per heavy atom. The van der Waals surface area contributed by atoms with Crippen LogP contribution in [0.2, 0.25) is 0 Å². The summed E-state index contributed by atoms with van der Waals surface area (Å²) in [5.74, 6) is 0.890. The topological polar surface area (TPSA) is 46.2 Å². The zero-order valence-corrected chi connectivity index (χ0v) is 15.7. The Labute approximate surface area is 154 Å². The number of fused-ring (bicyclic) bond motifs is 1. The van der Waals surface area contributed by atoms with Gasteiger partial charge in [-0.3, -0.25) is 9.59 Å². The van der Waals surface area contributed by atoms with Gasteiger partial charge in [0, 0.05) is 23.1 Å². The zero-order valence-electron chi connectivity index (χ0n) is 15.7. The van der Waals surface area contributed by atoms with Crippen LogP contribution in [0.4, 0.5) is 0 Å². The number of hydrogen-bond donors (Lipinski definition) is 1. The number of aryl methyl sites for hydroxylation is 1. The maximum Gasteiger partial charge on any atom is 0.251 e. The van der Waals surface area contributed by atoms with Gasteiger partial charge in [-0.2, -0.15) is 0 Å². The smallest absolute Gasteiger partial charge is 0.251 e. The first-order valence-electron chi connectivity index (χ1n) is 9.42. The summed E-state index contributed by atoms with van der Waals surface area (Å²) < 4.78 is 0. The minimum Gasteiger partial charge on any atom is -0.352 e. The van der Waals surface area contributed by atoms with Crippen molar-refractivity contribution in [2.45, 2.75) is 40.0 Å². The van der Waals surface area contributed by atoms with Crippen LogP contribution in [0.1, 0.15) is 58.5 Å². The Morgan fingerprint density at radius 2 is 1.88 bits per heavy atom. The van der Waals surface area contributed by atoms with Crippen LogP contribution in [0.25, 0.3) is 11.1 Å². The second kappa shape index (κ2) is 6.08. The molecule has 1 N–H and O–H groups in total. The SMILES string of the molecule is Cc1ccc(C(=O)NCC2CC2)cc1-c1ccc2c(c1)CC(C)(C)C2=O. The van der Waals surface area contributed by atoms with E-state index in [9.17, 15) is 9.59 Å². The first-order chi connectivity index (χ1) is 12.3. The van der Waals surface area contributed by atoms with Crippen molar-refractivity contribution in [1.29, 1.82) is 0 Å². The third-order valence-electron chi connectivity index (χ3n) is 5.66. The van der Waals surface area contributed by atoms with E-state index in [2.05, 4.69) is 18.3 Å². The van der Waals surface area contributed by atoms with Gasteiger partial charge in [0.15, 0.2) is 5.78 Å². The van der Waals surface area contributed by atoms with Gasteiger partial charge < -0.3 is 5.32 Å². The average molecular weight is 347 g/mol. The molecule has 0 unspecified atom stereocenters. The molecule has 134 valence electrons. The van der Waals surface area contributed by atoms with Crippen LogP contribution in [0.3, 0.4) is 0 Å². The molecule has 2 aliphatic rings. The van der Waals surface area contributed by atoms with E-state index in [0.29, 0.717) is 11.5 Å². The van der Waals surface area contributed by atoms with Crippen molar-refractivity contribution in [3.8, 4) is 11.1 Å². The van der Waals surface area contributed by atoms with Gasteiger partial charge in [0.2, 0.25) is 0 Å². The summed E-state index contributed by atoms with van der Waals surface area (Å²) in [7, 11) is 0. The summed E-state index contributed by atoms with van der Waals surface area (Å²) in [6.07, 6.45) is 3.23. The molecule has 0 radical (unpaired) electrons. The highest BCUT2D eigenvalue weighted by molar-refractivity contribution is 6.05. The van der Waals surface area contributed by atoms with Gasteiger partial charge in [0.1, 0.15) is 0 Å². The van der Waals surface area contributed by atoms with E-state index in [1.165, 1.54) is 12.8 Å². The van der Waals surface area contributed by atoms with E-state index in [1.54, 1.807) is 0 Å². The fraction of sp³-hybridized carbons (Fsp3) is 0.391. The minimum absolute atomic E-state index is 0.00405. The molecular formula is C23H25NO2. The molecule has 0 saturated heterocycles. The molecule has 0 atom stereocenters. The summed E-state index contributed by atoms with van der Waals surface area (Å²) in [6.45, 7) is 6.85. The van der Waals surface area contributed by atoms with Gasteiger partial charge in [0.05, 0.1) is 0 Å². The maximum atomic E-state index is 12.5. The summed E-state index contributed by atoms with van der Waals surface area (Å²) >= 11 is 0. The Morgan fingerprint density at radius 3 is 2.62 bits per heavy atom. The highest BCUT2D eigenvalue weighted by atomic mass is 16.1. The van der Waals surface area contributed by atoms with Crippen molar-refractivity contribution < 1.29 is 9.59 Å². The van der Waals surface area contributed by atoms with Crippen LogP contribution in [0.15, 0.2) is 36.4 Å². The van der Waals surface area contributed by atoms with Crippen molar-refractivity contribution in [3.63, 3.8) is 0 Å². The van der Waals surface area contributed by atoms with Gasteiger partial charge in [-0.15, -0.1) is 0 Å². The third-order valence-corrected chi connectivity index (χ3v) is 5.66. The van der Waals surface area contributed by atoms with E-state index in [1.807, 2.05) is 44.2 Å². The number of rotatable bonds is 4. The van der Waals surface area contributed by atoms with Crippen LogP contribution < -0.4 is 5.32 Å². The van der Waals surface area contributed by atoms with Crippen LogP contribution in [0.5, 0.6) is 0 Å². The van der Waals surface area contributed by atoms with Crippen LogP contribution in [-0.2, 0) is 6.42 Å². The minimum atomic E-state index is -0.319. The molecule has 0 bridgehead atoms. The van der Waals surface area contributed by atoms with Crippen LogP contribution in [0, 0.1) is 18.3 Å². The molecule has 1 saturated carbocycles. The number of amides is 1. The van der Waals surface area contributed by atoms with Gasteiger partial charge in [-0.25, -0.2) is 0 Å². The van der Waals surface area contributed by atoms with Gasteiger partial charge in [0.25, 0.3) is 5.91 Å². The second-order valence-electron chi connectivity index (χ2n) is 8.44. The number of hydrogen-bond acceptors (Lipinski definition) is 2. The summed E-state index contributed by atoms with van der Waals surface area (Å²) in [5, 5.41) is 3.03. The van der Waals surface area contributed by atoms with E-state index < -0.39 is 0 Å². The van der Waals surface area contributed by atoms with E-state index >= 15 is 0 Å². The highest BCUT2D eigenvalue weighted by Gasteiger charge is 2.37. The fourth-order valence-corrected chi connectivity index (χ4v) is 3.79. The first-order valence-corrected chi connectivity index (χ1v) is 9.42. The third kappa shape index (κ3) is 3.07. The molecular weight excluding hydrogens is 322 g/mol. The number of benzene rings is 2. The van der Waals surface area contributed by atoms with Crippen LogP contribution >= 0.6 is 0 Å². The lowest BCUT2D eigenvalue weighted by atomic mass is 9.89. The first kappa shape index (κ1) is 17.0. The Kier molecular flexibility index (Phi) is 3.98. The maximum absolute atomic E-state index is 12.5. The van der Waals surface area contributed by atoms with E-state index in [4.69, 9.17) is 0 Å². The number of nitrogens with one attached hydrogen (secondary N) is 1. The van der Waals surface area contributed by atoms with Gasteiger partial charge in [-0.1, -0.05) is 38.1 Å². The molecule has 2 aliphatic carbocycles. The molecule has 0 heterocycles. The molecule has 0 aliphatic heterocycles. The molecule has 3 heteroatoms. The quantitative estimate of drug-likeness (QED) is 0.881. The monoisotopic (exact) mass is 347 g/mol. The lowest BCUT2D eigenvalue weighted by molar-refractivity contribution is 0.0863. The molecule has 3 nitrogen and oxygen atoms in total. The normalized spacial score (nSPS) is 17.9. The Hall–Kier alpha value is -2.42. The van der Waals surface area contributed by atoms with Gasteiger partial charge >= 0.3 is 0 Å². The van der Waals surface area contributed by atoms with Crippen molar-refractivity contribution >= 4 is 11.7 Å². The summed E-state index contributed by atoms with van der Waals surface area (Å²) in [4.78, 5) is 24.9. The van der Waals surface area contributed by atoms with Crippen molar-refractivity contribution in [2.75, 3.05) is 6.54 Å².